The minimum absolute atomic E-state index is 0.0902. The van der Waals surface area contributed by atoms with Gasteiger partial charge >= 0.3 is 0 Å². The van der Waals surface area contributed by atoms with Crippen molar-refractivity contribution in [2.45, 2.75) is 20.0 Å². The Bertz CT molecular complexity index is 846. The van der Waals surface area contributed by atoms with Crippen LogP contribution in [0.15, 0.2) is 46.9 Å². The van der Waals surface area contributed by atoms with Crippen LogP contribution in [0.2, 0.25) is 0 Å². The van der Waals surface area contributed by atoms with E-state index in [1.165, 1.54) is 5.01 Å². The van der Waals surface area contributed by atoms with Crippen molar-refractivity contribution in [1.82, 2.24) is 5.01 Å². The van der Waals surface area contributed by atoms with Gasteiger partial charge in [0.05, 0.1) is 4.47 Å². The molecule has 0 saturated carbocycles. The van der Waals surface area contributed by atoms with E-state index in [0.29, 0.717) is 22.2 Å². The lowest BCUT2D eigenvalue weighted by atomic mass is 10.1. The van der Waals surface area contributed by atoms with Crippen LogP contribution >= 0.6 is 15.9 Å². The predicted octanol–water partition coefficient (Wildman–Crippen LogP) is 3.43. The number of Topliss-reactive ketones (excluding diaryl/α,β-unsaturated/α-hetero) is 1. The number of nitrogens with zero attached hydrogens (tertiary/aromatic N) is 2. The number of anilines is 1. The number of ether oxygens (including phenoxy) is 1. The normalized spacial score (nSPS) is 11.0. The van der Waals surface area contributed by atoms with Crippen LogP contribution in [0.3, 0.4) is 0 Å². The summed E-state index contributed by atoms with van der Waals surface area (Å²) in [5, 5.41) is 1.42. The highest BCUT2D eigenvalue weighted by Crippen LogP contribution is 2.40. The van der Waals surface area contributed by atoms with Crippen LogP contribution in [0, 0.1) is 0 Å². The van der Waals surface area contributed by atoms with E-state index in [1.54, 1.807) is 33.2 Å². The second-order valence-corrected chi connectivity index (χ2v) is 7.35. The van der Waals surface area contributed by atoms with Crippen molar-refractivity contribution in [3.8, 4) is 5.75 Å². The van der Waals surface area contributed by atoms with E-state index in [0.717, 1.165) is 9.98 Å². The summed E-state index contributed by atoms with van der Waals surface area (Å²) in [6.07, 6.45) is 0.313. The zero-order valence-corrected chi connectivity index (χ0v) is 17.3. The number of ketones is 1. The smallest absolute Gasteiger partial charge is 0.238 e. The van der Waals surface area contributed by atoms with E-state index in [1.807, 2.05) is 30.3 Å². The third kappa shape index (κ3) is 4.63. The van der Waals surface area contributed by atoms with E-state index in [2.05, 4.69) is 15.9 Å². The maximum atomic E-state index is 12.2. The standard InChI is InChI=1S/C18H21BrN2O4S/c1-4-15(22)14-10-11-16(25-12-13-8-6-5-7-9-13)18(17(14)19)21(20(2)3)26(23)24/h5-11,26H,4,12H2,1-3H3. The Balaban J connectivity index is 2.52. The topological polar surface area (TPSA) is 66.9 Å². The second kappa shape index (κ2) is 9.16. The maximum Gasteiger partial charge on any atom is 0.238 e. The lowest BCUT2D eigenvalue weighted by Gasteiger charge is -2.28. The van der Waals surface area contributed by atoms with Crippen molar-refractivity contribution in [3.05, 3.63) is 58.1 Å². The summed E-state index contributed by atoms with van der Waals surface area (Å²) in [7, 11) is 0.233. The summed E-state index contributed by atoms with van der Waals surface area (Å²) in [4.78, 5) is 12.2. The third-order valence-electron chi connectivity index (χ3n) is 3.67. The van der Waals surface area contributed by atoms with Gasteiger partial charge in [-0.2, -0.15) is 4.41 Å². The number of rotatable bonds is 8. The Labute approximate surface area is 163 Å². The Morgan fingerprint density at radius 2 is 1.77 bits per heavy atom. The van der Waals surface area contributed by atoms with Crippen LogP contribution in [0.4, 0.5) is 5.69 Å². The molecule has 0 aliphatic carbocycles. The first-order valence-electron chi connectivity index (χ1n) is 8.00. The van der Waals surface area contributed by atoms with Gasteiger partial charge in [0.1, 0.15) is 18.0 Å². The molecule has 0 fully saturated rings. The van der Waals surface area contributed by atoms with Crippen LogP contribution in [-0.2, 0) is 17.5 Å². The van der Waals surface area contributed by atoms with Gasteiger partial charge in [-0.15, -0.1) is 0 Å². The number of benzene rings is 2. The number of hydrogen-bond donors (Lipinski definition) is 1. The van der Waals surface area contributed by atoms with Crippen LogP contribution < -0.4 is 9.15 Å². The molecular formula is C18H21BrN2O4S. The van der Waals surface area contributed by atoms with Gasteiger partial charge < -0.3 is 4.74 Å². The van der Waals surface area contributed by atoms with Gasteiger partial charge in [-0.05, 0) is 33.6 Å². The third-order valence-corrected chi connectivity index (χ3v) is 5.34. The molecule has 0 saturated heterocycles. The number of carbonyl (C=O) groups excluding carboxylic acids is 1. The van der Waals surface area contributed by atoms with E-state index in [9.17, 15) is 13.2 Å². The molecule has 0 aliphatic heterocycles. The first kappa shape index (κ1) is 20.4. The van der Waals surface area contributed by atoms with Gasteiger partial charge in [0.15, 0.2) is 5.78 Å². The summed E-state index contributed by atoms with van der Waals surface area (Å²) in [6.45, 7) is 2.03. The molecule has 0 aromatic heterocycles. The summed E-state index contributed by atoms with van der Waals surface area (Å²) in [5.41, 5.74) is 1.64. The molecule has 0 N–H and O–H groups in total. The van der Waals surface area contributed by atoms with Crippen molar-refractivity contribution in [3.63, 3.8) is 0 Å². The highest BCUT2D eigenvalue weighted by molar-refractivity contribution is 9.10. The van der Waals surface area contributed by atoms with Gasteiger partial charge in [0, 0.05) is 26.1 Å². The van der Waals surface area contributed by atoms with E-state index >= 15 is 0 Å². The van der Waals surface area contributed by atoms with Crippen LogP contribution in [0.25, 0.3) is 0 Å². The lowest BCUT2D eigenvalue weighted by Crippen LogP contribution is -2.36. The molecular weight excluding hydrogens is 420 g/mol. The van der Waals surface area contributed by atoms with Gasteiger partial charge in [0.2, 0.25) is 10.9 Å². The van der Waals surface area contributed by atoms with Crippen molar-refractivity contribution in [1.29, 1.82) is 0 Å². The molecule has 0 unspecified atom stereocenters. The van der Waals surface area contributed by atoms with Crippen molar-refractivity contribution < 1.29 is 17.9 Å². The molecule has 0 heterocycles. The number of hydrazine groups is 1. The zero-order chi connectivity index (χ0) is 19.3. The molecule has 0 aliphatic rings. The average Bonchev–Trinajstić information content (AvgIpc) is 2.61. The first-order valence-corrected chi connectivity index (χ1v) is 9.93. The van der Waals surface area contributed by atoms with E-state index in [-0.39, 0.29) is 18.1 Å². The van der Waals surface area contributed by atoms with Gasteiger partial charge in [-0.1, -0.05) is 37.3 Å². The summed E-state index contributed by atoms with van der Waals surface area (Å²) in [6, 6.07) is 12.8. The zero-order valence-electron chi connectivity index (χ0n) is 14.8. The molecule has 2 rings (SSSR count). The van der Waals surface area contributed by atoms with Gasteiger partial charge in [0.25, 0.3) is 0 Å². The predicted molar refractivity (Wildman–Crippen MR) is 106 cm³/mol. The fourth-order valence-corrected chi connectivity index (χ4v) is 3.93. The first-order chi connectivity index (χ1) is 12.4. The largest absolute Gasteiger partial charge is 0.487 e. The van der Waals surface area contributed by atoms with E-state index in [4.69, 9.17) is 4.74 Å². The molecule has 26 heavy (non-hydrogen) atoms. The maximum absolute atomic E-state index is 12.2. The highest BCUT2D eigenvalue weighted by atomic mass is 79.9. The molecule has 0 spiro atoms. The SMILES string of the molecule is CCC(=O)c1ccc(OCc2ccccc2)c(N(N(C)C)[SH](=O)=O)c1Br. The Hall–Kier alpha value is -1.90. The highest BCUT2D eigenvalue weighted by Gasteiger charge is 2.24. The van der Waals surface area contributed by atoms with Crippen LogP contribution in [0.1, 0.15) is 29.3 Å². The Morgan fingerprint density at radius 3 is 2.31 bits per heavy atom. The minimum Gasteiger partial charge on any atom is -0.487 e. The number of thiol groups is 1. The van der Waals surface area contributed by atoms with Crippen molar-refractivity contribution >= 4 is 38.3 Å². The average molecular weight is 441 g/mol. The van der Waals surface area contributed by atoms with Crippen molar-refractivity contribution in [2.75, 3.05) is 18.5 Å². The van der Waals surface area contributed by atoms with Gasteiger partial charge in [-0.25, -0.2) is 13.4 Å². The monoisotopic (exact) mass is 440 g/mol. The Morgan fingerprint density at radius 1 is 1.12 bits per heavy atom. The second-order valence-electron chi connectivity index (χ2n) is 5.70. The fraction of sp³-hybridized carbons (Fsp3) is 0.278. The van der Waals surface area contributed by atoms with E-state index < -0.39 is 10.9 Å². The molecule has 0 amide bonds. The van der Waals surface area contributed by atoms with Gasteiger partial charge in [-0.3, -0.25) is 4.79 Å². The van der Waals surface area contributed by atoms with Crippen LogP contribution in [-0.4, -0.2) is 33.3 Å². The molecule has 140 valence electrons. The number of carbonyl (C=O) groups is 1. The molecule has 2 aromatic carbocycles. The number of halogens is 1. The minimum atomic E-state index is -2.97. The lowest BCUT2D eigenvalue weighted by molar-refractivity contribution is 0.0987. The molecule has 0 radical (unpaired) electrons. The fourth-order valence-electron chi connectivity index (χ4n) is 2.42. The summed E-state index contributed by atoms with van der Waals surface area (Å²) >= 11 is 3.40. The molecule has 0 bridgehead atoms. The van der Waals surface area contributed by atoms with Crippen molar-refractivity contribution in [2.24, 2.45) is 0 Å². The number of hydrogen-bond acceptors (Lipinski definition) is 5. The van der Waals surface area contributed by atoms with Crippen LogP contribution in [0.5, 0.6) is 5.75 Å². The summed E-state index contributed by atoms with van der Waals surface area (Å²) in [5.74, 6) is 0.272. The molecule has 8 heteroatoms. The molecule has 0 atom stereocenters. The quantitative estimate of drug-likeness (QED) is 0.386. The molecule has 2 aromatic rings. The summed E-state index contributed by atoms with van der Waals surface area (Å²) < 4.78 is 31.0. The molecule has 6 nitrogen and oxygen atoms in total. The Kier molecular flexibility index (Phi) is 7.19.